The van der Waals surface area contributed by atoms with Crippen LogP contribution >= 0.6 is 11.3 Å². The minimum Gasteiger partial charge on any atom is -0.335 e. The van der Waals surface area contributed by atoms with Gasteiger partial charge < -0.3 is 4.90 Å². The normalized spacial score (nSPS) is 12.7. The summed E-state index contributed by atoms with van der Waals surface area (Å²) in [5.41, 5.74) is 5.83. The third kappa shape index (κ3) is 3.63. The van der Waals surface area contributed by atoms with Gasteiger partial charge in [-0.2, -0.15) is 5.10 Å². The van der Waals surface area contributed by atoms with Crippen molar-refractivity contribution in [3.63, 3.8) is 0 Å². The Morgan fingerprint density at radius 2 is 2.00 bits per heavy atom. The van der Waals surface area contributed by atoms with Crippen LogP contribution in [0.25, 0.3) is 17.2 Å². The van der Waals surface area contributed by atoms with Crippen LogP contribution in [0.3, 0.4) is 0 Å². The van der Waals surface area contributed by atoms with Crippen molar-refractivity contribution in [3.8, 4) is 17.2 Å². The van der Waals surface area contributed by atoms with Crippen LogP contribution in [0.2, 0.25) is 0 Å². The highest BCUT2D eigenvalue weighted by atomic mass is 32.1. The fraction of sp³-hybridized carbons (Fsp3) is 0.261. The van der Waals surface area contributed by atoms with Crippen LogP contribution in [-0.2, 0) is 19.4 Å². The molecule has 156 valence electrons. The molecule has 0 atom stereocenters. The molecule has 8 heteroatoms. The van der Waals surface area contributed by atoms with Crippen molar-refractivity contribution >= 4 is 17.2 Å². The number of hydrogen-bond donors (Lipinski definition) is 0. The summed E-state index contributed by atoms with van der Waals surface area (Å²) in [4.78, 5) is 28.4. The molecular formula is C23H22N6OS. The van der Waals surface area contributed by atoms with Gasteiger partial charge in [0.2, 0.25) is 0 Å². The van der Waals surface area contributed by atoms with Crippen molar-refractivity contribution < 1.29 is 4.79 Å². The van der Waals surface area contributed by atoms with Crippen LogP contribution in [0.4, 0.5) is 0 Å². The van der Waals surface area contributed by atoms with Crippen LogP contribution < -0.4 is 0 Å². The number of fused-ring (bicyclic) bond motifs is 3. The van der Waals surface area contributed by atoms with Gasteiger partial charge in [-0.05, 0) is 37.3 Å². The first-order chi connectivity index (χ1) is 15.1. The van der Waals surface area contributed by atoms with E-state index in [-0.39, 0.29) is 5.91 Å². The first-order valence-electron chi connectivity index (χ1n) is 10.2. The second kappa shape index (κ2) is 8.03. The number of hydrogen-bond acceptors (Lipinski definition) is 6. The maximum atomic E-state index is 13.0. The average molecular weight is 431 g/mol. The molecule has 0 fully saturated rings. The molecule has 0 spiro atoms. The van der Waals surface area contributed by atoms with Crippen LogP contribution in [0.1, 0.15) is 38.6 Å². The van der Waals surface area contributed by atoms with Crippen LogP contribution in [0.15, 0.2) is 48.2 Å². The lowest BCUT2D eigenvalue weighted by molar-refractivity contribution is 0.0784. The van der Waals surface area contributed by atoms with Crippen molar-refractivity contribution in [2.75, 3.05) is 7.05 Å². The summed E-state index contributed by atoms with van der Waals surface area (Å²) in [6, 6.07) is 8.41. The first kappa shape index (κ1) is 19.6. The third-order valence-corrected chi connectivity index (χ3v) is 6.41. The first-order valence-corrected chi connectivity index (χ1v) is 11.1. The lowest BCUT2D eigenvalue weighted by atomic mass is 10.0. The molecule has 1 amide bonds. The second-order valence-electron chi connectivity index (χ2n) is 7.70. The molecule has 1 aromatic carbocycles. The molecule has 0 saturated heterocycles. The highest BCUT2D eigenvalue weighted by Crippen LogP contribution is 2.31. The highest BCUT2D eigenvalue weighted by molar-refractivity contribution is 7.09. The van der Waals surface area contributed by atoms with E-state index in [1.165, 1.54) is 16.9 Å². The number of carbonyl (C=O) groups excluding carboxylic acids is 1. The minimum atomic E-state index is -0.0981. The van der Waals surface area contributed by atoms with Gasteiger partial charge in [-0.15, -0.1) is 11.3 Å². The molecular weight excluding hydrogens is 408 g/mol. The summed E-state index contributed by atoms with van der Waals surface area (Å²) < 4.78 is 1.65. The SMILES string of the molecule is Cc1c(C(=O)N(C)Cc2nccs2)cnn1-c1ncc2c(n1)-c1ccccc1CCC2. The number of rotatable bonds is 4. The van der Waals surface area contributed by atoms with E-state index in [1.807, 2.05) is 24.6 Å². The van der Waals surface area contributed by atoms with Crippen molar-refractivity contribution in [2.24, 2.45) is 0 Å². The number of nitrogens with zero attached hydrogens (tertiary/aromatic N) is 6. The van der Waals surface area contributed by atoms with Gasteiger partial charge in [-0.3, -0.25) is 4.79 Å². The van der Waals surface area contributed by atoms with E-state index in [9.17, 15) is 4.79 Å². The molecule has 1 aliphatic rings. The Balaban J connectivity index is 1.48. The smallest absolute Gasteiger partial charge is 0.257 e. The van der Waals surface area contributed by atoms with Gasteiger partial charge in [0.25, 0.3) is 11.9 Å². The van der Waals surface area contributed by atoms with Gasteiger partial charge in [0.15, 0.2) is 0 Å². The number of amides is 1. The molecule has 0 unspecified atom stereocenters. The molecule has 0 aliphatic heterocycles. The van der Waals surface area contributed by atoms with Gasteiger partial charge in [0, 0.05) is 30.4 Å². The fourth-order valence-corrected chi connectivity index (χ4v) is 4.66. The van der Waals surface area contributed by atoms with Crippen molar-refractivity contribution in [1.82, 2.24) is 29.6 Å². The number of aromatic nitrogens is 5. The standard InChI is InChI=1S/C23H22N6OS/c1-15-19(22(30)28(2)14-20-24-10-11-31-20)13-26-29(15)23-25-12-17-8-5-7-16-6-3-4-9-18(16)21(17)27-23/h3-4,6,9-13H,5,7-8,14H2,1-2H3. The molecule has 0 bridgehead atoms. The average Bonchev–Trinajstić information content (AvgIpc) is 3.39. The highest BCUT2D eigenvalue weighted by Gasteiger charge is 2.22. The summed E-state index contributed by atoms with van der Waals surface area (Å²) in [6.45, 7) is 2.34. The van der Waals surface area contributed by atoms with Crippen LogP contribution in [-0.4, -0.2) is 42.6 Å². The Morgan fingerprint density at radius 1 is 1.16 bits per heavy atom. The predicted octanol–water partition coefficient (Wildman–Crippen LogP) is 3.86. The molecule has 1 aliphatic carbocycles. The second-order valence-corrected chi connectivity index (χ2v) is 8.68. The zero-order valence-electron chi connectivity index (χ0n) is 17.4. The largest absolute Gasteiger partial charge is 0.335 e. The van der Waals surface area contributed by atoms with Gasteiger partial charge in [-0.1, -0.05) is 24.3 Å². The van der Waals surface area contributed by atoms with Crippen molar-refractivity contribution in [1.29, 1.82) is 0 Å². The van der Waals surface area contributed by atoms with Gasteiger partial charge in [0.05, 0.1) is 29.7 Å². The topological polar surface area (TPSA) is 76.8 Å². The van der Waals surface area contributed by atoms with E-state index in [4.69, 9.17) is 4.98 Å². The Bertz CT molecular complexity index is 1250. The zero-order chi connectivity index (χ0) is 21.4. The molecule has 5 rings (SSSR count). The monoisotopic (exact) mass is 430 g/mol. The molecule has 7 nitrogen and oxygen atoms in total. The van der Waals surface area contributed by atoms with Gasteiger partial charge in [0.1, 0.15) is 5.01 Å². The molecule has 0 N–H and O–H groups in total. The Hall–Kier alpha value is -3.39. The van der Waals surface area contributed by atoms with E-state index in [0.29, 0.717) is 18.1 Å². The van der Waals surface area contributed by atoms with Crippen LogP contribution in [0.5, 0.6) is 0 Å². The molecule has 0 radical (unpaired) electrons. The lowest BCUT2D eigenvalue weighted by Crippen LogP contribution is -2.26. The number of carbonyl (C=O) groups is 1. The predicted molar refractivity (Wildman–Crippen MR) is 119 cm³/mol. The van der Waals surface area contributed by atoms with E-state index >= 15 is 0 Å². The maximum absolute atomic E-state index is 13.0. The van der Waals surface area contributed by atoms with Gasteiger partial charge in [-0.25, -0.2) is 19.6 Å². The van der Waals surface area contributed by atoms with E-state index in [2.05, 4.69) is 33.3 Å². The third-order valence-electron chi connectivity index (χ3n) is 5.65. The Morgan fingerprint density at radius 3 is 2.84 bits per heavy atom. The summed E-state index contributed by atoms with van der Waals surface area (Å²) in [6.07, 6.45) is 8.31. The molecule has 31 heavy (non-hydrogen) atoms. The van der Waals surface area contributed by atoms with E-state index < -0.39 is 0 Å². The summed E-state index contributed by atoms with van der Waals surface area (Å²) in [7, 11) is 1.77. The van der Waals surface area contributed by atoms with Gasteiger partial charge >= 0.3 is 0 Å². The molecule has 0 saturated carbocycles. The summed E-state index contributed by atoms with van der Waals surface area (Å²) in [5, 5.41) is 7.25. The quantitative estimate of drug-likeness (QED) is 0.491. The van der Waals surface area contributed by atoms with E-state index in [1.54, 1.807) is 29.0 Å². The molecule has 4 aromatic rings. The fourth-order valence-electron chi connectivity index (χ4n) is 3.99. The number of thiazole rings is 1. The summed E-state index contributed by atoms with van der Waals surface area (Å²) >= 11 is 1.53. The van der Waals surface area contributed by atoms with Crippen molar-refractivity contribution in [3.05, 3.63) is 75.6 Å². The Labute approximate surface area is 184 Å². The summed E-state index contributed by atoms with van der Waals surface area (Å²) in [5.74, 6) is 0.383. The van der Waals surface area contributed by atoms with Crippen LogP contribution in [0, 0.1) is 6.92 Å². The lowest BCUT2D eigenvalue weighted by Gasteiger charge is -2.15. The number of aryl methyl sites for hydroxylation is 2. The number of benzene rings is 1. The maximum Gasteiger partial charge on any atom is 0.257 e. The van der Waals surface area contributed by atoms with Crippen molar-refractivity contribution in [2.45, 2.75) is 32.7 Å². The zero-order valence-corrected chi connectivity index (χ0v) is 18.3. The molecule has 3 heterocycles. The van der Waals surface area contributed by atoms with E-state index in [0.717, 1.165) is 46.8 Å². The Kier molecular flexibility index (Phi) is 5.07. The molecule has 3 aromatic heterocycles. The minimum absolute atomic E-state index is 0.0981.